The molecule has 27 heavy (non-hydrogen) atoms. The molecule has 2 saturated heterocycles. The molecule has 1 aromatic rings. The van der Waals surface area contributed by atoms with Crippen molar-refractivity contribution in [3.05, 3.63) is 35.6 Å². The van der Waals surface area contributed by atoms with Gasteiger partial charge in [-0.15, -0.1) is 0 Å². The second kappa shape index (κ2) is 8.17. The van der Waals surface area contributed by atoms with Crippen LogP contribution >= 0.6 is 0 Å². The molecule has 3 aliphatic rings. The number of hydrogen-bond donors (Lipinski definition) is 0. The number of amides is 1. The predicted octanol–water partition coefficient (Wildman–Crippen LogP) is 4.72. The van der Waals surface area contributed by atoms with Crippen LogP contribution in [0.15, 0.2) is 24.3 Å². The minimum absolute atomic E-state index is 0.00193. The van der Waals surface area contributed by atoms with Gasteiger partial charge in [0.05, 0.1) is 6.54 Å². The lowest BCUT2D eigenvalue weighted by Gasteiger charge is -2.38. The van der Waals surface area contributed by atoms with Gasteiger partial charge in [-0.1, -0.05) is 37.5 Å². The summed E-state index contributed by atoms with van der Waals surface area (Å²) in [5, 5.41) is 0. The minimum Gasteiger partial charge on any atom is -0.446 e. The van der Waals surface area contributed by atoms with E-state index < -0.39 is 0 Å². The Hall–Kier alpha value is -1.62. The van der Waals surface area contributed by atoms with E-state index in [0.717, 1.165) is 38.5 Å². The third-order valence-electron chi connectivity index (χ3n) is 6.87. The summed E-state index contributed by atoms with van der Waals surface area (Å²) in [6, 6.07) is 8.00. The molecule has 0 aromatic heterocycles. The van der Waals surface area contributed by atoms with Crippen molar-refractivity contribution >= 4 is 6.09 Å². The zero-order valence-corrected chi connectivity index (χ0v) is 16.3. The van der Waals surface area contributed by atoms with Crippen molar-refractivity contribution in [1.29, 1.82) is 0 Å². The van der Waals surface area contributed by atoms with Crippen molar-refractivity contribution in [3.63, 3.8) is 0 Å². The van der Waals surface area contributed by atoms with E-state index in [1.807, 2.05) is 6.07 Å². The van der Waals surface area contributed by atoms with Crippen LogP contribution in [0.1, 0.15) is 63.4 Å². The Bertz CT molecular complexity index is 647. The SMILES string of the molecule is CN1[C@@H]2CC[C@H]1CC(OC(=O)N(Cc1ccccc1F)C1CCCCC1)C2. The van der Waals surface area contributed by atoms with E-state index in [2.05, 4.69) is 11.9 Å². The van der Waals surface area contributed by atoms with Crippen LogP contribution in [0, 0.1) is 5.82 Å². The highest BCUT2D eigenvalue weighted by atomic mass is 19.1. The highest BCUT2D eigenvalue weighted by Gasteiger charge is 2.40. The van der Waals surface area contributed by atoms with Gasteiger partial charge in [0.1, 0.15) is 11.9 Å². The Morgan fingerprint density at radius 2 is 1.78 bits per heavy atom. The molecule has 4 rings (SSSR count). The lowest BCUT2D eigenvalue weighted by Crippen LogP contribution is -2.47. The fourth-order valence-corrected chi connectivity index (χ4v) is 5.21. The summed E-state index contributed by atoms with van der Waals surface area (Å²) in [6.07, 6.45) is 9.47. The number of benzene rings is 1. The third-order valence-corrected chi connectivity index (χ3v) is 6.87. The Kier molecular flexibility index (Phi) is 5.67. The predicted molar refractivity (Wildman–Crippen MR) is 103 cm³/mol. The van der Waals surface area contributed by atoms with Gasteiger partial charge in [0.25, 0.3) is 0 Å². The van der Waals surface area contributed by atoms with Crippen molar-refractivity contribution in [3.8, 4) is 0 Å². The molecule has 1 aromatic carbocycles. The number of rotatable bonds is 4. The molecule has 1 amide bonds. The topological polar surface area (TPSA) is 32.8 Å². The van der Waals surface area contributed by atoms with Crippen molar-refractivity contribution in [1.82, 2.24) is 9.80 Å². The molecule has 2 aliphatic heterocycles. The van der Waals surface area contributed by atoms with E-state index in [1.165, 1.54) is 25.3 Å². The minimum atomic E-state index is -0.251. The Balaban J connectivity index is 1.46. The number of hydrogen-bond acceptors (Lipinski definition) is 3. The number of nitrogens with zero attached hydrogens (tertiary/aromatic N) is 2. The summed E-state index contributed by atoms with van der Waals surface area (Å²) in [5.41, 5.74) is 0.573. The Morgan fingerprint density at radius 1 is 1.11 bits per heavy atom. The molecule has 2 heterocycles. The molecule has 1 saturated carbocycles. The largest absolute Gasteiger partial charge is 0.446 e. The van der Waals surface area contributed by atoms with E-state index in [-0.39, 0.29) is 24.1 Å². The smallest absolute Gasteiger partial charge is 0.410 e. The van der Waals surface area contributed by atoms with E-state index in [0.29, 0.717) is 24.2 Å². The lowest BCUT2D eigenvalue weighted by atomic mass is 9.94. The van der Waals surface area contributed by atoms with Gasteiger partial charge in [-0.3, -0.25) is 0 Å². The first kappa shape index (κ1) is 18.7. The van der Waals surface area contributed by atoms with Gasteiger partial charge >= 0.3 is 6.09 Å². The maximum Gasteiger partial charge on any atom is 0.410 e. The molecule has 0 N–H and O–H groups in total. The van der Waals surface area contributed by atoms with Gasteiger partial charge in [0.2, 0.25) is 0 Å². The van der Waals surface area contributed by atoms with E-state index >= 15 is 0 Å². The van der Waals surface area contributed by atoms with Crippen molar-refractivity contribution in [2.45, 2.75) is 88.6 Å². The lowest BCUT2D eigenvalue weighted by molar-refractivity contribution is 0.000273. The first-order valence-electron chi connectivity index (χ1n) is 10.5. The number of ether oxygens (including phenoxy) is 1. The summed E-state index contributed by atoms with van der Waals surface area (Å²) in [4.78, 5) is 17.4. The van der Waals surface area contributed by atoms with Crippen LogP contribution in [0.25, 0.3) is 0 Å². The number of carbonyl (C=O) groups excluding carboxylic acids is 1. The Morgan fingerprint density at radius 3 is 2.44 bits per heavy atom. The zero-order chi connectivity index (χ0) is 18.8. The van der Waals surface area contributed by atoms with Gasteiger partial charge in [-0.05, 0) is 38.8 Å². The third kappa shape index (κ3) is 4.13. The normalized spacial score (nSPS) is 28.9. The molecule has 5 heteroatoms. The maximum absolute atomic E-state index is 14.2. The molecule has 3 atom stereocenters. The summed E-state index contributed by atoms with van der Waals surface area (Å²) >= 11 is 0. The van der Waals surface area contributed by atoms with Crippen LogP contribution in [0.3, 0.4) is 0 Å². The highest BCUT2D eigenvalue weighted by molar-refractivity contribution is 5.68. The number of fused-ring (bicyclic) bond motifs is 2. The monoisotopic (exact) mass is 374 g/mol. The zero-order valence-electron chi connectivity index (χ0n) is 16.3. The number of carbonyl (C=O) groups is 1. The van der Waals surface area contributed by atoms with Gasteiger partial charge < -0.3 is 14.5 Å². The van der Waals surface area contributed by atoms with Gasteiger partial charge in [0, 0.05) is 36.5 Å². The van der Waals surface area contributed by atoms with Crippen LogP contribution in [-0.2, 0) is 11.3 Å². The molecule has 4 nitrogen and oxygen atoms in total. The summed E-state index contributed by atoms with van der Waals surface area (Å²) < 4.78 is 20.2. The van der Waals surface area contributed by atoms with Gasteiger partial charge in [-0.25, -0.2) is 9.18 Å². The molecular weight excluding hydrogens is 343 g/mol. The van der Waals surface area contributed by atoms with Crippen molar-refractivity contribution in [2.24, 2.45) is 0 Å². The van der Waals surface area contributed by atoms with Gasteiger partial charge in [-0.2, -0.15) is 0 Å². The maximum atomic E-state index is 14.2. The second-order valence-corrected chi connectivity index (χ2v) is 8.54. The number of halogens is 1. The summed E-state index contributed by atoms with van der Waals surface area (Å²) in [5.74, 6) is -0.247. The fourth-order valence-electron chi connectivity index (χ4n) is 5.21. The first-order chi connectivity index (χ1) is 13.1. The molecule has 1 unspecified atom stereocenters. The Labute approximate surface area is 161 Å². The van der Waals surface area contributed by atoms with E-state index in [9.17, 15) is 9.18 Å². The first-order valence-corrected chi connectivity index (χ1v) is 10.5. The van der Waals surface area contributed by atoms with Crippen LogP contribution < -0.4 is 0 Å². The average molecular weight is 375 g/mol. The highest BCUT2D eigenvalue weighted by Crippen LogP contribution is 2.36. The summed E-state index contributed by atoms with van der Waals surface area (Å²) in [7, 11) is 2.19. The molecule has 3 fully saturated rings. The molecule has 1 aliphatic carbocycles. The van der Waals surface area contributed by atoms with Gasteiger partial charge in [0.15, 0.2) is 0 Å². The van der Waals surface area contributed by atoms with Crippen molar-refractivity contribution in [2.75, 3.05) is 7.05 Å². The standard InChI is InChI=1S/C22H31FN2O2/c1-24-18-11-12-19(24)14-20(13-18)27-22(26)25(17-8-3-2-4-9-17)15-16-7-5-6-10-21(16)23/h5-7,10,17-20H,2-4,8-9,11-15H2,1H3/t18-,19+,20?. The molecular formula is C22H31FN2O2. The van der Waals surface area contributed by atoms with Crippen LogP contribution in [0.2, 0.25) is 0 Å². The molecule has 148 valence electrons. The van der Waals surface area contributed by atoms with E-state index in [1.54, 1.807) is 17.0 Å². The van der Waals surface area contributed by atoms with Crippen molar-refractivity contribution < 1.29 is 13.9 Å². The van der Waals surface area contributed by atoms with Crippen LogP contribution in [0.4, 0.5) is 9.18 Å². The van der Waals surface area contributed by atoms with Crippen LogP contribution in [0.5, 0.6) is 0 Å². The molecule has 2 bridgehead atoms. The fraction of sp³-hybridized carbons (Fsp3) is 0.682. The molecule has 0 radical (unpaired) electrons. The molecule has 0 spiro atoms. The van der Waals surface area contributed by atoms with Crippen LogP contribution in [-0.4, -0.2) is 47.2 Å². The quantitative estimate of drug-likeness (QED) is 0.764. The second-order valence-electron chi connectivity index (χ2n) is 8.54. The average Bonchev–Trinajstić information content (AvgIpc) is 2.89. The number of piperidine rings is 1. The van der Waals surface area contributed by atoms with E-state index in [4.69, 9.17) is 4.74 Å². The summed E-state index contributed by atoms with van der Waals surface area (Å²) in [6.45, 7) is 0.301.